The molecule has 0 fully saturated rings. The molecule has 1 unspecified atom stereocenters. The van der Waals surface area contributed by atoms with Gasteiger partial charge in [0.25, 0.3) is 0 Å². The molecule has 6 heteroatoms. The topological polar surface area (TPSA) is 101 Å². The van der Waals surface area contributed by atoms with Gasteiger partial charge in [-0.05, 0) is 0 Å². The zero-order valence-electron chi connectivity index (χ0n) is 6.07. The van der Waals surface area contributed by atoms with Crippen molar-refractivity contribution in [1.82, 2.24) is 5.16 Å². The molecule has 1 aliphatic heterocycles. The van der Waals surface area contributed by atoms with Crippen LogP contribution in [0.25, 0.3) is 0 Å². The Hall–Kier alpha value is -1.72. The minimum absolute atomic E-state index is 0.216. The molecule has 0 amide bonds. The summed E-state index contributed by atoms with van der Waals surface area (Å²) in [5.74, 6) is -0.186. The first-order valence-electron chi connectivity index (χ1n) is 3.42. The monoisotopic (exact) mass is 169 g/mol. The van der Waals surface area contributed by atoms with Crippen LogP contribution in [0.2, 0.25) is 0 Å². The number of nitrogen functional groups attached to an aromatic ring is 1. The lowest BCUT2D eigenvalue weighted by Gasteiger charge is -2.03. The average molecular weight is 169 g/mol. The van der Waals surface area contributed by atoms with Crippen LogP contribution in [0, 0.1) is 0 Å². The predicted octanol–water partition coefficient (Wildman–Crippen LogP) is -0.322. The third-order valence-corrected chi connectivity index (χ3v) is 1.80. The number of fused-ring (bicyclic) bond motifs is 1. The number of aromatic nitrogens is 1. The smallest absolute Gasteiger partial charge is 0.326 e. The van der Waals surface area contributed by atoms with Crippen molar-refractivity contribution in [2.24, 2.45) is 0 Å². The quantitative estimate of drug-likeness (QED) is 0.532. The summed E-state index contributed by atoms with van der Waals surface area (Å²) in [5.41, 5.74) is 5.91. The van der Waals surface area contributed by atoms with Gasteiger partial charge in [-0.2, -0.15) is 0 Å². The minimum Gasteiger partial charge on any atom is -0.480 e. The number of hydrogen-bond acceptors (Lipinski definition) is 5. The molecule has 0 saturated heterocycles. The molecule has 0 bridgehead atoms. The first kappa shape index (κ1) is 6.96. The lowest BCUT2D eigenvalue weighted by Crippen LogP contribution is -2.26. The number of rotatable bonds is 1. The van der Waals surface area contributed by atoms with Gasteiger partial charge in [-0.3, -0.25) is 0 Å². The lowest BCUT2D eigenvalue weighted by molar-refractivity contribution is -0.137. The van der Waals surface area contributed by atoms with E-state index in [1.54, 1.807) is 0 Å². The van der Waals surface area contributed by atoms with E-state index in [0.29, 0.717) is 17.9 Å². The van der Waals surface area contributed by atoms with Crippen LogP contribution in [-0.4, -0.2) is 22.3 Å². The highest BCUT2D eigenvalue weighted by Crippen LogP contribution is 2.30. The molecule has 0 saturated carbocycles. The normalized spacial score (nSPS) is 20.2. The highest BCUT2D eigenvalue weighted by atomic mass is 16.5. The van der Waals surface area contributed by atoms with E-state index in [4.69, 9.17) is 15.4 Å². The third-order valence-electron chi connectivity index (χ3n) is 1.80. The zero-order valence-corrected chi connectivity index (χ0v) is 6.07. The van der Waals surface area contributed by atoms with Gasteiger partial charge in [-0.1, -0.05) is 5.16 Å². The third kappa shape index (κ3) is 0.810. The Bertz CT molecular complexity index is 333. The Kier molecular flexibility index (Phi) is 1.24. The van der Waals surface area contributed by atoms with Gasteiger partial charge in [0.1, 0.15) is 11.7 Å². The van der Waals surface area contributed by atoms with E-state index in [2.05, 4.69) is 10.5 Å². The Morgan fingerprint density at radius 2 is 2.58 bits per heavy atom. The van der Waals surface area contributed by atoms with Gasteiger partial charge in [0.05, 0.1) is 0 Å². The fraction of sp³-hybridized carbons (Fsp3) is 0.333. The molecule has 64 valence electrons. The van der Waals surface area contributed by atoms with Crippen molar-refractivity contribution in [2.75, 3.05) is 11.1 Å². The first-order chi connectivity index (χ1) is 5.68. The number of nitrogens with one attached hydrogen (secondary N) is 1. The summed E-state index contributed by atoms with van der Waals surface area (Å²) in [6.07, 6.45) is 0.300. The number of carboxylic acids is 1. The van der Waals surface area contributed by atoms with Gasteiger partial charge in [-0.15, -0.1) is 0 Å². The first-order valence-corrected chi connectivity index (χ1v) is 3.42. The maximum absolute atomic E-state index is 10.5. The second kappa shape index (κ2) is 2.13. The summed E-state index contributed by atoms with van der Waals surface area (Å²) < 4.78 is 4.79. The molecule has 6 nitrogen and oxygen atoms in total. The van der Waals surface area contributed by atoms with Gasteiger partial charge in [0, 0.05) is 6.42 Å². The summed E-state index contributed by atoms with van der Waals surface area (Å²) in [7, 11) is 0. The van der Waals surface area contributed by atoms with E-state index in [9.17, 15) is 4.79 Å². The van der Waals surface area contributed by atoms with Crippen LogP contribution in [0.1, 0.15) is 5.76 Å². The molecule has 2 heterocycles. The van der Waals surface area contributed by atoms with Crippen molar-refractivity contribution in [1.29, 1.82) is 0 Å². The fourth-order valence-corrected chi connectivity index (χ4v) is 1.19. The van der Waals surface area contributed by atoms with Crippen molar-refractivity contribution >= 4 is 17.5 Å². The van der Waals surface area contributed by atoms with Gasteiger partial charge in [0.15, 0.2) is 11.6 Å². The second-order valence-electron chi connectivity index (χ2n) is 2.61. The largest absolute Gasteiger partial charge is 0.480 e. The van der Waals surface area contributed by atoms with Gasteiger partial charge < -0.3 is 20.7 Å². The van der Waals surface area contributed by atoms with Crippen LogP contribution < -0.4 is 11.1 Å². The van der Waals surface area contributed by atoms with E-state index >= 15 is 0 Å². The van der Waals surface area contributed by atoms with E-state index in [0.717, 1.165) is 0 Å². The maximum atomic E-state index is 10.5. The Balaban J connectivity index is 2.28. The van der Waals surface area contributed by atoms with Crippen LogP contribution in [-0.2, 0) is 11.2 Å². The van der Waals surface area contributed by atoms with Crippen LogP contribution >= 0.6 is 0 Å². The highest BCUT2D eigenvalue weighted by molar-refractivity contribution is 5.83. The fourth-order valence-electron chi connectivity index (χ4n) is 1.19. The summed E-state index contributed by atoms with van der Waals surface area (Å²) in [4.78, 5) is 10.5. The number of carbonyl (C=O) groups is 1. The van der Waals surface area contributed by atoms with Crippen molar-refractivity contribution < 1.29 is 14.4 Å². The number of carboxylic acid groups (broad SMARTS) is 1. The van der Waals surface area contributed by atoms with Crippen molar-refractivity contribution in [2.45, 2.75) is 12.5 Å². The molecule has 0 radical (unpaired) electrons. The standard InChI is InChI=1S/C6H7N3O3/c7-5-4-3(12-9-5)1-2(8-4)6(10)11/h2,8H,1H2,(H2,7,9)(H,10,11). The van der Waals surface area contributed by atoms with Crippen molar-refractivity contribution in [3.05, 3.63) is 5.76 Å². The summed E-state index contributed by atoms with van der Waals surface area (Å²) in [6, 6.07) is -0.635. The maximum Gasteiger partial charge on any atom is 0.326 e. The van der Waals surface area contributed by atoms with E-state index in [1.165, 1.54) is 0 Å². The number of hydrogen-bond donors (Lipinski definition) is 3. The molecule has 1 atom stereocenters. The van der Waals surface area contributed by atoms with E-state index < -0.39 is 12.0 Å². The molecule has 0 spiro atoms. The number of aliphatic carboxylic acids is 1. The molecule has 0 aromatic carbocycles. The van der Waals surface area contributed by atoms with Crippen LogP contribution in [0.3, 0.4) is 0 Å². The molecule has 1 aromatic heterocycles. The molecule has 4 N–H and O–H groups in total. The number of nitrogens with zero attached hydrogens (tertiary/aromatic N) is 1. The van der Waals surface area contributed by atoms with Gasteiger partial charge in [0.2, 0.25) is 0 Å². The van der Waals surface area contributed by atoms with Crippen LogP contribution in [0.4, 0.5) is 11.5 Å². The number of nitrogens with two attached hydrogens (primary N) is 1. The van der Waals surface area contributed by atoms with Gasteiger partial charge in [-0.25, -0.2) is 4.79 Å². The van der Waals surface area contributed by atoms with E-state index in [1.807, 2.05) is 0 Å². The Labute approximate surface area is 67.3 Å². The summed E-state index contributed by atoms with van der Waals surface area (Å²) in [5, 5.41) is 14.8. The molecule has 1 aliphatic rings. The second-order valence-corrected chi connectivity index (χ2v) is 2.61. The average Bonchev–Trinajstić information content (AvgIpc) is 2.53. The molecule has 0 aliphatic carbocycles. The molecular formula is C6H7N3O3. The molecule has 12 heavy (non-hydrogen) atoms. The Morgan fingerprint density at radius 1 is 1.83 bits per heavy atom. The van der Waals surface area contributed by atoms with Crippen molar-refractivity contribution in [3.63, 3.8) is 0 Å². The van der Waals surface area contributed by atoms with E-state index in [-0.39, 0.29) is 5.82 Å². The number of anilines is 2. The lowest BCUT2D eigenvalue weighted by atomic mass is 10.2. The van der Waals surface area contributed by atoms with Crippen LogP contribution in [0.15, 0.2) is 4.52 Å². The molecular weight excluding hydrogens is 162 g/mol. The van der Waals surface area contributed by atoms with Crippen molar-refractivity contribution in [3.8, 4) is 0 Å². The highest BCUT2D eigenvalue weighted by Gasteiger charge is 2.31. The summed E-state index contributed by atoms with van der Waals surface area (Å²) >= 11 is 0. The molecule has 1 aromatic rings. The SMILES string of the molecule is Nc1noc2c1NC(C(=O)O)C2. The summed E-state index contributed by atoms with van der Waals surface area (Å²) in [6.45, 7) is 0. The predicted molar refractivity (Wildman–Crippen MR) is 39.7 cm³/mol. The van der Waals surface area contributed by atoms with Crippen LogP contribution in [0.5, 0.6) is 0 Å². The van der Waals surface area contributed by atoms with Gasteiger partial charge >= 0.3 is 5.97 Å². The Morgan fingerprint density at radius 3 is 3.17 bits per heavy atom. The molecule has 2 rings (SSSR count). The zero-order chi connectivity index (χ0) is 8.72. The minimum atomic E-state index is -0.916.